The van der Waals surface area contributed by atoms with Gasteiger partial charge in [0.05, 0.1) is 11.3 Å². The molecule has 0 spiro atoms. The first-order chi connectivity index (χ1) is 11.1. The monoisotopic (exact) mass is 413 g/mol. The van der Waals surface area contributed by atoms with E-state index in [2.05, 4.69) is 38.1 Å². The van der Waals surface area contributed by atoms with Crippen LogP contribution in [0, 0.1) is 5.92 Å². The molecule has 2 heterocycles. The van der Waals surface area contributed by atoms with E-state index in [1.807, 2.05) is 0 Å². The van der Waals surface area contributed by atoms with Gasteiger partial charge in [-0.1, -0.05) is 31.4 Å². The van der Waals surface area contributed by atoms with E-state index in [4.69, 9.17) is 11.6 Å². The lowest BCUT2D eigenvalue weighted by molar-refractivity contribution is 0.102. The number of nitrogens with one attached hydrogen (secondary N) is 1. The van der Waals surface area contributed by atoms with E-state index in [9.17, 15) is 4.79 Å². The van der Waals surface area contributed by atoms with Crippen molar-refractivity contribution in [3.63, 3.8) is 0 Å². The van der Waals surface area contributed by atoms with Gasteiger partial charge in [0.2, 0.25) is 0 Å². The van der Waals surface area contributed by atoms with Gasteiger partial charge in [-0.05, 0) is 47.2 Å². The zero-order chi connectivity index (χ0) is 16.4. The number of rotatable bonds is 4. The third-order valence-electron chi connectivity index (χ3n) is 4.01. The van der Waals surface area contributed by atoms with Crippen LogP contribution in [0.1, 0.15) is 47.1 Å². The fourth-order valence-corrected chi connectivity index (χ4v) is 4.54. The number of amides is 1. The van der Waals surface area contributed by atoms with Crippen molar-refractivity contribution in [2.75, 3.05) is 5.32 Å². The summed E-state index contributed by atoms with van der Waals surface area (Å²) in [6.07, 6.45) is 7.32. The number of halogens is 2. The number of carbonyl (C=O) groups excluding carboxylic acids is 1. The standard InChI is InChI=1S/C16H17BrClN3OS/c1-2-3-9-4-5-12-13(6-9)23-16(20-12)21-15(22)11-7-10(17)8-19-14(11)18/h7-9H,2-6H2,1H3,(H,20,21,22). The second-order valence-corrected chi connectivity index (χ2v) is 8.09. The van der Waals surface area contributed by atoms with Gasteiger partial charge in [-0.3, -0.25) is 10.1 Å². The Labute approximate surface area is 152 Å². The van der Waals surface area contributed by atoms with Crippen LogP contribution >= 0.6 is 38.9 Å². The smallest absolute Gasteiger partial charge is 0.260 e. The molecule has 1 unspecified atom stereocenters. The molecule has 7 heteroatoms. The van der Waals surface area contributed by atoms with Crippen molar-refractivity contribution >= 4 is 49.9 Å². The summed E-state index contributed by atoms with van der Waals surface area (Å²) in [6, 6.07) is 1.66. The summed E-state index contributed by atoms with van der Waals surface area (Å²) in [5.41, 5.74) is 1.48. The fourth-order valence-electron chi connectivity index (χ4n) is 2.90. The highest BCUT2D eigenvalue weighted by atomic mass is 79.9. The Kier molecular flexibility index (Phi) is 5.34. The summed E-state index contributed by atoms with van der Waals surface area (Å²) >= 11 is 10.9. The Balaban J connectivity index is 1.74. The molecule has 0 radical (unpaired) electrons. The zero-order valence-electron chi connectivity index (χ0n) is 12.7. The lowest BCUT2D eigenvalue weighted by Gasteiger charge is -2.19. The first-order valence-corrected chi connectivity index (χ1v) is 9.66. The van der Waals surface area contributed by atoms with Gasteiger partial charge in [-0.25, -0.2) is 9.97 Å². The Hall–Kier alpha value is -0.980. The quantitative estimate of drug-likeness (QED) is 0.707. The van der Waals surface area contributed by atoms with Crippen LogP contribution in [-0.4, -0.2) is 15.9 Å². The van der Waals surface area contributed by atoms with Crippen molar-refractivity contribution in [1.29, 1.82) is 0 Å². The molecule has 0 aliphatic heterocycles. The van der Waals surface area contributed by atoms with Crippen LogP contribution in [0.5, 0.6) is 0 Å². The molecule has 0 fully saturated rings. The van der Waals surface area contributed by atoms with Gasteiger partial charge < -0.3 is 0 Å². The summed E-state index contributed by atoms with van der Waals surface area (Å²) in [5.74, 6) is 0.472. The van der Waals surface area contributed by atoms with Crippen LogP contribution in [0.15, 0.2) is 16.7 Å². The Morgan fingerprint density at radius 3 is 3.17 bits per heavy atom. The van der Waals surface area contributed by atoms with Crippen molar-refractivity contribution in [1.82, 2.24) is 9.97 Å². The highest BCUT2D eigenvalue weighted by Crippen LogP contribution is 2.34. The van der Waals surface area contributed by atoms with Crippen molar-refractivity contribution < 1.29 is 4.79 Å². The normalized spacial score (nSPS) is 16.9. The highest BCUT2D eigenvalue weighted by molar-refractivity contribution is 9.10. The fraction of sp³-hybridized carbons (Fsp3) is 0.438. The topological polar surface area (TPSA) is 54.9 Å². The van der Waals surface area contributed by atoms with Crippen molar-refractivity contribution in [2.24, 2.45) is 5.92 Å². The van der Waals surface area contributed by atoms with Gasteiger partial charge >= 0.3 is 0 Å². The molecule has 2 aromatic heterocycles. The maximum Gasteiger partial charge on any atom is 0.260 e. The minimum atomic E-state index is -0.278. The van der Waals surface area contributed by atoms with Gasteiger partial charge in [0.1, 0.15) is 5.15 Å². The number of aromatic nitrogens is 2. The molecular formula is C16H17BrClN3OS. The van der Waals surface area contributed by atoms with Gasteiger partial charge in [-0.15, -0.1) is 11.3 Å². The van der Waals surface area contributed by atoms with E-state index >= 15 is 0 Å². The molecule has 0 aromatic carbocycles. The SMILES string of the molecule is CCCC1CCc2nc(NC(=O)c3cc(Br)cnc3Cl)sc2C1. The molecule has 122 valence electrons. The van der Waals surface area contributed by atoms with E-state index in [0.29, 0.717) is 15.2 Å². The molecule has 0 saturated heterocycles. The van der Waals surface area contributed by atoms with Crippen molar-refractivity contribution in [3.8, 4) is 0 Å². The first kappa shape index (κ1) is 16.9. The number of fused-ring (bicyclic) bond motifs is 1. The molecule has 4 nitrogen and oxygen atoms in total. The minimum Gasteiger partial charge on any atom is -0.298 e. The number of aryl methyl sites for hydroxylation is 1. The second kappa shape index (κ2) is 7.28. The molecule has 1 amide bonds. The average Bonchev–Trinajstić information content (AvgIpc) is 2.91. The maximum atomic E-state index is 12.4. The molecule has 2 aromatic rings. The van der Waals surface area contributed by atoms with E-state index < -0.39 is 0 Å². The highest BCUT2D eigenvalue weighted by Gasteiger charge is 2.23. The number of pyridine rings is 1. The predicted octanol–water partition coefficient (Wildman–Crippen LogP) is 5.11. The number of hydrogen-bond donors (Lipinski definition) is 1. The van der Waals surface area contributed by atoms with Gasteiger partial charge in [0, 0.05) is 15.5 Å². The van der Waals surface area contributed by atoms with Crippen LogP contribution in [0.3, 0.4) is 0 Å². The number of thiazole rings is 1. The van der Waals surface area contributed by atoms with E-state index in [1.165, 1.54) is 24.1 Å². The predicted molar refractivity (Wildman–Crippen MR) is 97.4 cm³/mol. The number of carbonyl (C=O) groups is 1. The third-order valence-corrected chi connectivity index (χ3v) is 5.78. The van der Waals surface area contributed by atoms with Gasteiger partial charge in [0.25, 0.3) is 5.91 Å². The molecule has 1 aliphatic rings. The number of anilines is 1. The lowest BCUT2D eigenvalue weighted by Crippen LogP contribution is -2.13. The van der Waals surface area contributed by atoms with Crippen LogP contribution in [-0.2, 0) is 12.8 Å². The van der Waals surface area contributed by atoms with Crippen LogP contribution < -0.4 is 5.32 Å². The summed E-state index contributed by atoms with van der Waals surface area (Å²) in [5, 5.41) is 3.69. The summed E-state index contributed by atoms with van der Waals surface area (Å²) in [6.45, 7) is 2.23. The van der Waals surface area contributed by atoms with E-state index in [1.54, 1.807) is 23.6 Å². The molecule has 1 aliphatic carbocycles. The van der Waals surface area contributed by atoms with Crippen LogP contribution in [0.2, 0.25) is 5.15 Å². The molecule has 1 N–H and O–H groups in total. The molecule has 23 heavy (non-hydrogen) atoms. The second-order valence-electron chi connectivity index (χ2n) is 5.73. The summed E-state index contributed by atoms with van der Waals surface area (Å²) < 4.78 is 0.716. The van der Waals surface area contributed by atoms with Crippen LogP contribution in [0.4, 0.5) is 5.13 Å². The molecule has 0 saturated carbocycles. The maximum absolute atomic E-state index is 12.4. The molecule has 1 atom stereocenters. The molecular weight excluding hydrogens is 398 g/mol. The Bertz CT molecular complexity index is 734. The van der Waals surface area contributed by atoms with E-state index in [0.717, 1.165) is 24.5 Å². The first-order valence-electron chi connectivity index (χ1n) is 7.67. The molecule has 3 rings (SSSR count). The molecule has 0 bridgehead atoms. The van der Waals surface area contributed by atoms with Crippen molar-refractivity contribution in [2.45, 2.75) is 39.0 Å². The Morgan fingerprint density at radius 2 is 2.39 bits per heavy atom. The minimum absolute atomic E-state index is 0.190. The van der Waals surface area contributed by atoms with Gasteiger partial charge in [-0.2, -0.15) is 0 Å². The van der Waals surface area contributed by atoms with Crippen LogP contribution in [0.25, 0.3) is 0 Å². The largest absolute Gasteiger partial charge is 0.298 e. The summed E-state index contributed by atoms with van der Waals surface area (Å²) in [7, 11) is 0. The Morgan fingerprint density at radius 1 is 1.57 bits per heavy atom. The van der Waals surface area contributed by atoms with E-state index in [-0.39, 0.29) is 11.1 Å². The number of hydrogen-bond acceptors (Lipinski definition) is 4. The zero-order valence-corrected chi connectivity index (χ0v) is 15.9. The lowest BCUT2D eigenvalue weighted by atomic mass is 9.88. The third kappa shape index (κ3) is 3.92. The van der Waals surface area contributed by atoms with Crippen molar-refractivity contribution in [3.05, 3.63) is 38.0 Å². The number of nitrogens with zero attached hydrogens (tertiary/aromatic N) is 2. The van der Waals surface area contributed by atoms with Gasteiger partial charge in [0.15, 0.2) is 5.13 Å². The summed E-state index contributed by atoms with van der Waals surface area (Å²) in [4.78, 5) is 22.2. The average molecular weight is 415 g/mol.